The second-order valence-corrected chi connectivity index (χ2v) is 10.3. The smallest absolute Gasteiger partial charge is 0.238 e. The number of aromatic nitrogens is 4. The fourth-order valence-electron chi connectivity index (χ4n) is 5.36. The molecular formula is C33H19BrN4O. The highest BCUT2D eigenvalue weighted by atomic mass is 79.9. The Bertz CT molecular complexity index is 2200. The number of hydrogen-bond donors (Lipinski definition) is 0. The van der Waals surface area contributed by atoms with E-state index in [0.717, 1.165) is 59.3 Å². The van der Waals surface area contributed by atoms with Crippen LogP contribution in [0.1, 0.15) is 0 Å². The fourth-order valence-corrected chi connectivity index (χ4v) is 5.90. The van der Waals surface area contributed by atoms with Crippen molar-refractivity contribution in [3.05, 3.63) is 120 Å². The average molecular weight is 567 g/mol. The molecule has 5 aromatic carbocycles. The number of hydrogen-bond acceptors (Lipinski definition) is 4. The molecule has 0 amide bonds. The molecule has 3 heterocycles. The minimum Gasteiger partial charge on any atom is -0.456 e. The Morgan fingerprint density at radius 2 is 1.23 bits per heavy atom. The molecular weight excluding hydrogens is 548 g/mol. The van der Waals surface area contributed by atoms with Crippen molar-refractivity contribution in [2.45, 2.75) is 0 Å². The van der Waals surface area contributed by atoms with E-state index in [-0.39, 0.29) is 0 Å². The lowest BCUT2D eigenvalue weighted by molar-refractivity contribution is 0.669. The summed E-state index contributed by atoms with van der Waals surface area (Å²) in [4.78, 5) is 15.0. The van der Waals surface area contributed by atoms with Crippen LogP contribution in [0.3, 0.4) is 0 Å². The van der Waals surface area contributed by atoms with Crippen LogP contribution in [0.2, 0.25) is 0 Å². The molecule has 0 unspecified atom stereocenters. The minimum absolute atomic E-state index is 0.557. The summed E-state index contributed by atoms with van der Waals surface area (Å²) in [6, 6.07) is 38.8. The Morgan fingerprint density at radius 3 is 2.10 bits per heavy atom. The predicted molar refractivity (Wildman–Crippen MR) is 160 cm³/mol. The predicted octanol–water partition coefficient (Wildman–Crippen LogP) is 8.96. The first-order chi connectivity index (χ1) is 19.2. The zero-order valence-corrected chi connectivity index (χ0v) is 22.1. The first-order valence-corrected chi connectivity index (χ1v) is 13.5. The lowest BCUT2D eigenvalue weighted by Gasteiger charge is -2.11. The Hall–Kier alpha value is -4.81. The van der Waals surface area contributed by atoms with Crippen molar-refractivity contribution in [3.63, 3.8) is 0 Å². The first-order valence-electron chi connectivity index (χ1n) is 12.7. The first kappa shape index (κ1) is 22.2. The molecule has 0 bridgehead atoms. The van der Waals surface area contributed by atoms with Crippen molar-refractivity contribution >= 4 is 59.7 Å². The Labute approximate surface area is 231 Å². The van der Waals surface area contributed by atoms with Gasteiger partial charge in [0.2, 0.25) is 5.95 Å². The largest absolute Gasteiger partial charge is 0.456 e. The van der Waals surface area contributed by atoms with Crippen LogP contribution in [0.15, 0.2) is 124 Å². The molecule has 0 N–H and O–H groups in total. The van der Waals surface area contributed by atoms with Crippen molar-refractivity contribution in [1.82, 2.24) is 19.5 Å². The van der Waals surface area contributed by atoms with E-state index >= 15 is 0 Å². The molecule has 0 aliphatic rings. The maximum absolute atomic E-state index is 6.18. The summed E-state index contributed by atoms with van der Waals surface area (Å²) in [5.41, 5.74) is 5.50. The van der Waals surface area contributed by atoms with Gasteiger partial charge in [0.05, 0.1) is 11.0 Å². The van der Waals surface area contributed by atoms with Gasteiger partial charge in [-0.3, -0.25) is 4.57 Å². The van der Waals surface area contributed by atoms with E-state index in [0.29, 0.717) is 17.6 Å². The van der Waals surface area contributed by atoms with Crippen molar-refractivity contribution in [3.8, 4) is 28.7 Å². The Morgan fingerprint density at radius 1 is 0.538 bits per heavy atom. The van der Waals surface area contributed by atoms with Gasteiger partial charge in [0.25, 0.3) is 0 Å². The third kappa shape index (κ3) is 3.49. The Balaban J connectivity index is 1.43. The van der Waals surface area contributed by atoms with E-state index in [1.165, 1.54) is 0 Å². The van der Waals surface area contributed by atoms with Gasteiger partial charge >= 0.3 is 0 Å². The van der Waals surface area contributed by atoms with Crippen molar-refractivity contribution in [1.29, 1.82) is 0 Å². The third-order valence-electron chi connectivity index (χ3n) is 7.14. The molecule has 0 radical (unpaired) electrons. The molecule has 0 atom stereocenters. The monoisotopic (exact) mass is 566 g/mol. The van der Waals surface area contributed by atoms with E-state index in [1.54, 1.807) is 0 Å². The quantitative estimate of drug-likeness (QED) is 0.214. The fraction of sp³-hybridized carbons (Fsp3) is 0. The lowest BCUT2D eigenvalue weighted by Crippen LogP contribution is -2.06. The topological polar surface area (TPSA) is 56.7 Å². The van der Waals surface area contributed by atoms with Gasteiger partial charge in [0, 0.05) is 37.1 Å². The summed E-state index contributed by atoms with van der Waals surface area (Å²) in [6.07, 6.45) is 0. The van der Waals surface area contributed by atoms with E-state index in [4.69, 9.17) is 19.4 Å². The maximum Gasteiger partial charge on any atom is 0.238 e. The molecule has 8 aromatic rings. The molecule has 184 valence electrons. The summed E-state index contributed by atoms with van der Waals surface area (Å²) < 4.78 is 9.27. The number of fused-ring (bicyclic) bond motifs is 6. The summed E-state index contributed by atoms with van der Waals surface area (Å²) in [5.74, 6) is 1.75. The summed E-state index contributed by atoms with van der Waals surface area (Å²) in [5, 5.41) is 4.43. The number of rotatable bonds is 3. The van der Waals surface area contributed by atoms with Crippen molar-refractivity contribution in [2.24, 2.45) is 0 Å². The van der Waals surface area contributed by atoms with Crippen LogP contribution in [-0.2, 0) is 0 Å². The SMILES string of the molecule is Brc1cccc2c3ccccc3n(-c3nc(-c4ccccc4)nc(-c4ccc5c(c4)oc4ccccc45)n3)c12. The average Bonchev–Trinajstić information content (AvgIpc) is 3.54. The highest BCUT2D eigenvalue weighted by molar-refractivity contribution is 9.10. The van der Waals surface area contributed by atoms with Crippen LogP contribution in [-0.4, -0.2) is 19.5 Å². The van der Waals surface area contributed by atoms with Crippen LogP contribution in [0.25, 0.3) is 72.5 Å². The molecule has 0 saturated carbocycles. The third-order valence-corrected chi connectivity index (χ3v) is 7.78. The lowest BCUT2D eigenvalue weighted by atomic mass is 10.1. The normalized spacial score (nSPS) is 11.7. The second-order valence-electron chi connectivity index (χ2n) is 9.45. The summed E-state index contributed by atoms with van der Waals surface area (Å²) >= 11 is 3.79. The van der Waals surface area contributed by atoms with Gasteiger partial charge in [0.15, 0.2) is 11.6 Å². The van der Waals surface area contributed by atoms with Crippen LogP contribution >= 0.6 is 15.9 Å². The number of halogens is 1. The zero-order chi connectivity index (χ0) is 25.9. The molecule has 3 aromatic heterocycles. The van der Waals surface area contributed by atoms with Crippen LogP contribution in [0, 0.1) is 0 Å². The van der Waals surface area contributed by atoms with Gasteiger partial charge in [-0.25, -0.2) is 4.98 Å². The maximum atomic E-state index is 6.18. The highest BCUT2D eigenvalue weighted by Crippen LogP contribution is 2.36. The number of furan rings is 1. The molecule has 0 aliphatic carbocycles. The molecule has 39 heavy (non-hydrogen) atoms. The molecule has 0 fully saturated rings. The van der Waals surface area contributed by atoms with Gasteiger partial charge in [-0.15, -0.1) is 0 Å². The number of benzene rings is 5. The second kappa shape index (κ2) is 8.61. The molecule has 0 spiro atoms. The molecule has 8 rings (SSSR count). The van der Waals surface area contributed by atoms with E-state index < -0.39 is 0 Å². The van der Waals surface area contributed by atoms with Gasteiger partial charge in [-0.05, 0) is 46.3 Å². The standard InChI is InChI=1S/C33H19BrN4O/c34-26-14-8-13-25-22-11-4-6-15-27(22)38(30(25)26)33-36-31(20-9-2-1-3-10-20)35-32(37-33)21-17-18-24-23-12-5-7-16-28(23)39-29(24)19-21/h1-19H. The number of nitrogens with zero attached hydrogens (tertiary/aromatic N) is 4. The van der Waals surface area contributed by atoms with Crippen molar-refractivity contribution in [2.75, 3.05) is 0 Å². The van der Waals surface area contributed by atoms with Crippen LogP contribution in [0.4, 0.5) is 0 Å². The van der Waals surface area contributed by atoms with Crippen LogP contribution < -0.4 is 0 Å². The zero-order valence-electron chi connectivity index (χ0n) is 20.5. The van der Waals surface area contributed by atoms with Crippen LogP contribution in [0.5, 0.6) is 0 Å². The highest BCUT2D eigenvalue weighted by Gasteiger charge is 2.19. The van der Waals surface area contributed by atoms with Gasteiger partial charge < -0.3 is 4.42 Å². The van der Waals surface area contributed by atoms with E-state index in [2.05, 4.69) is 69.0 Å². The Kier molecular flexibility index (Phi) is 4.90. The minimum atomic E-state index is 0.557. The molecule has 6 heteroatoms. The van der Waals surface area contributed by atoms with E-state index in [9.17, 15) is 0 Å². The van der Waals surface area contributed by atoms with Gasteiger partial charge in [-0.1, -0.05) is 84.9 Å². The molecule has 0 aliphatic heterocycles. The summed E-state index contributed by atoms with van der Waals surface area (Å²) in [7, 11) is 0. The van der Waals surface area contributed by atoms with Crippen molar-refractivity contribution < 1.29 is 4.42 Å². The molecule has 0 saturated heterocycles. The van der Waals surface area contributed by atoms with E-state index in [1.807, 2.05) is 66.7 Å². The number of para-hydroxylation sites is 3. The summed E-state index contributed by atoms with van der Waals surface area (Å²) in [6.45, 7) is 0. The molecule has 5 nitrogen and oxygen atoms in total. The van der Waals surface area contributed by atoms with Gasteiger partial charge in [-0.2, -0.15) is 9.97 Å². The van der Waals surface area contributed by atoms with Gasteiger partial charge in [0.1, 0.15) is 11.2 Å².